The van der Waals surface area contributed by atoms with Crippen LogP contribution in [0.3, 0.4) is 0 Å². The predicted molar refractivity (Wildman–Crippen MR) is 93.9 cm³/mol. The first kappa shape index (κ1) is 17.5. The van der Waals surface area contributed by atoms with E-state index in [1.54, 1.807) is 6.92 Å². The lowest BCUT2D eigenvalue weighted by Crippen LogP contribution is -2.38. The molecule has 2 aromatic carbocycles. The fourth-order valence-corrected chi connectivity index (χ4v) is 4.07. The predicted octanol–water partition coefficient (Wildman–Crippen LogP) is 2.07. The number of sulfonamides is 1. The SMILES string of the molecule is Cc1ccc(S(=O)(=O)NCC2NCCc3ccccc32)cc1[N+](=O)[O-]. The van der Waals surface area contributed by atoms with Crippen LogP contribution in [-0.4, -0.2) is 26.4 Å². The number of rotatable bonds is 5. The molecule has 8 heteroatoms. The molecule has 0 bridgehead atoms. The maximum absolute atomic E-state index is 12.5. The van der Waals surface area contributed by atoms with Crippen molar-refractivity contribution in [3.63, 3.8) is 0 Å². The Kier molecular flexibility index (Phi) is 4.85. The van der Waals surface area contributed by atoms with Crippen LogP contribution in [0.5, 0.6) is 0 Å². The molecule has 0 fully saturated rings. The Balaban J connectivity index is 1.80. The summed E-state index contributed by atoms with van der Waals surface area (Å²) in [5, 5.41) is 14.3. The topological polar surface area (TPSA) is 101 Å². The van der Waals surface area contributed by atoms with Crippen LogP contribution in [-0.2, 0) is 16.4 Å². The Labute approximate surface area is 146 Å². The third-order valence-electron chi connectivity index (χ3n) is 4.38. The standard InChI is InChI=1S/C17H19N3O4S/c1-12-6-7-14(10-17(12)20(21)22)25(23,24)19-11-16-15-5-3-2-4-13(15)8-9-18-16/h2-7,10,16,18-19H,8-9,11H2,1H3. The van der Waals surface area contributed by atoms with Gasteiger partial charge in [0.2, 0.25) is 10.0 Å². The molecule has 0 amide bonds. The summed E-state index contributed by atoms with van der Waals surface area (Å²) in [6.07, 6.45) is 0.906. The van der Waals surface area contributed by atoms with Gasteiger partial charge in [-0.25, -0.2) is 13.1 Å². The second kappa shape index (κ2) is 6.91. The number of hydrogen-bond acceptors (Lipinski definition) is 5. The molecule has 1 unspecified atom stereocenters. The number of nitro groups is 1. The van der Waals surface area contributed by atoms with Gasteiger partial charge < -0.3 is 5.32 Å². The third-order valence-corrected chi connectivity index (χ3v) is 5.80. The van der Waals surface area contributed by atoms with Crippen molar-refractivity contribution in [2.24, 2.45) is 0 Å². The molecule has 1 aliphatic heterocycles. The van der Waals surface area contributed by atoms with Crippen molar-refractivity contribution < 1.29 is 13.3 Å². The van der Waals surface area contributed by atoms with E-state index in [0.717, 1.165) is 24.6 Å². The van der Waals surface area contributed by atoms with Gasteiger partial charge >= 0.3 is 0 Å². The summed E-state index contributed by atoms with van der Waals surface area (Å²) in [6.45, 7) is 2.53. The zero-order valence-electron chi connectivity index (χ0n) is 13.7. The van der Waals surface area contributed by atoms with Gasteiger partial charge in [-0.1, -0.05) is 30.3 Å². The minimum atomic E-state index is -3.83. The highest BCUT2D eigenvalue weighted by atomic mass is 32.2. The second-order valence-electron chi connectivity index (χ2n) is 6.01. The van der Waals surface area contributed by atoms with E-state index in [-0.39, 0.29) is 23.2 Å². The fourth-order valence-electron chi connectivity index (χ4n) is 3.00. The molecule has 1 heterocycles. The van der Waals surface area contributed by atoms with Crippen molar-refractivity contribution in [1.29, 1.82) is 0 Å². The van der Waals surface area contributed by atoms with E-state index >= 15 is 0 Å². The number of nitrogens with one attached hydrogen (secondary N) is 2. The Morgan fingerprint density at radius 2 is 2.04 bits per heavy atom. The summed E-state index contributed by atoms with van der Waals surface area (Å²) in [4.78, 5) is 10.3. The number of hydrogen-bond donors (Lipinski definition) is 2. The van der Waals surface area contributed by atoms with Gasteiger partial charge in [0.1, 0.15) is 0 Å². The molecule has 1 aliphatic rings. The van der Waals surface area contributed by atoms with E-state index in [9.17, 15) is 18.5 Å². The largest absolute Gasteiger partial charge is 0.308 e. The average Bonchev–Trinajstić information content (AvgIpc) is 2.60. The van der Waals surface area contributed by atoms with Crippen LogP contribution in [0.15, 0.2) is 47.4 Å². The highest BCUT2D eigenvalue weighted by Gasteiger charge is 2.24. The highest BCUT2D eigenvalue weighted by Crippen LogP contribution is 2.24. The maximum Gasteiger partial charge on any atom is 0.273 e. The van der Waals surface area contributed by atoms with Gasteiger partial charge in [0.05, 0.1) is 9.82 Å². The summed E-state index contributed by atoms with van der Waals surface area (Å²) < 4.78 is 27.6. The van der Waals surface area contributed by atoms with Crippen LogP contribution >= 0.6 is 0 Å². The minimum absolute atomic E-state index is 0.103. The summed E-state index contributed by atoms with van der Waals surface area (Å²) in [5.41, 5.74) is 2.50. The van der Waals surface area contributed by atoms with E-state index in [1.807, 2.05) is 24.3 Å². The number of benzene rings is 2. The second-order valence-corrected chi connectivity index (χ2v) is 7.78. The van der Waals surface area contributed by atoms with Crippen LogP contribution in [0.4, 0.5) is 5.69 Å². The molecule has 25 heavy (non-hydrogen) atoms. The monoisotopic (exact) mass is 361 g/mol. The molecule has 2 aromatic rings. The Bertz CT molecular complexity index is 912. The molecule has 0 aromatic heterocycles. The zero-order valence-corrected chi connectivity index (χ0v) is 14.5. The molecule has 0 aliphatic carbocycles. The van der Waals surface area contributed by atoms with Crippen LogP contribution in [0.1, 0.15) is 22.7 Å². The molecule has 3 rings (SSSR count). The van der Waals surface area contributed by atoms with E-state index < -0.39 is 14.9 Å². The van der Waals surface area contributed by atoms with E-state index in [2.05, 4.69) is 10.0 Å². The van der Waals surface area contributed by atoms with Gasteiger partial charge in [-0.2, -0.15) is 0 Å². The number of nitrogens with zero attached hydrogens (tertiary/aromatic N) is 1. The van der Waals surface area contributed by atoms with Crippen molar-refractivity contribution in [2.45, 2.75) is 24.3 Å². The normalized spacial score (nSPS) is 17.1. The van der Waals surface area contributed by atoms with Gasteiger partial charge in [0.15, 0.2) is 0 Å². The molecule has 0 spiro atoms. The Morgan fingerprint density at radius 3 is 2.80 bits per heavy atom. The van der Waals surface area contributed by atoms with Crippen LogP contribution < -0.4 is 10.0 Å². The molecule has 132 valence electrons. The van der Waals surface area contributed by atoms with Crippen LogP contribution in [0.2, 0.25) is 0 Å². The summed E-state index contributed by atoms with van der Waals surface area (Å²) in [5.74, 6) is 0. The van der Waals surface area contributed by atoms with Crippen LogP contribution in [0.25, 0.3) is 0 Å². The lowest BCUT2D eigenvalue weighted by molar-refractivity contribution is -0.385. The first-order valence-corrected chi connectivity index (χ1v) is 9.43. The molecule has 0 saturated heterocycles. The molecule has 0 radical (unpaired) electrons. The molecule has 0 saturated carbocycles. The van der Waals surface area contributed by atoms with Crippen molar-refractivity contribution in [3.8, 4) is 0 Å². The van der Waals surface area contributed by atoms with E-state index in [0.29, 0.717) is 5.56 Å². The van der Waals surface area contributed by atoms with Gasteiger partial charge in [-0.05, 0) is 37.1 Å². The first-order valence-electron chi connectivity index (χ1n) is 7.94. The van der Waals surface area contributed by atoms with Gasteiger partial charge in [-0.15, -0.1) is 0 Å². The van der Waals surface area contributed by atoms with Crippen molar-refractivity contribution in [1.82, 2.24) is 10.0 Å². The van der Waals surface area contributed by atoms with Gasteiger partial charge in [-0.3, -0.25) is 10.1 Å². The van der Waals surface area contributed by atoms with Crippen molar-refractivity contribution >= 4 is 15.7 Å². The summed E-state index contributed by atoms with van der Waals surface area (Å²) in [6, 6.07) is 11.7. The number of aryl methyl sites for hydroxylation is 1. The van der Waals surface area contributed by atoms with E-state index in [1.165, 1.54) is 17.7 Å². The van der Waals surface area contributed by atoms with E-state index in [4.69, 9.17) is 0 Å². The Morgan fingerprint density at radius 1 is 1.28 bits per heavy atom. The number of nitro benzene ring substituents is 1. The zero-order chi connectivity index (χ0) is 18.0. The average molecular weight is 361 g/mol. The lowest BCUT2D eigenvalue weighted by Gasteiger charge is -2.27. The minimum Gasteiger partial charge on any atom is -0.308 e. The third kappa shape index (κ3) is 3.71. The number of fused-ring (bicyclic) bond motifs is 1. The first-order chi connectivity index (χ1) is 11.9. The van der Waals surface area contributed by atoms with Gasteiger partial charge in [0, 0.05) is 24.2 Å². The summed E-state index contributed by atoms with van der Waals surface area (Å²) in [7, 11) is -3.83. The van der Waals surface area contributed by atoms with Crippen molar-refractivity contribution in [2.75, 3.05) is 13.1 Å². The Hall–Kier alpha value is -2.29. The van der Waals surface area contributed by atoms with Crippen molar-refractivity contribution in [3.05, 3.63) is 69.3 Å². The molecular weight excluding hydrogens is 342 g/mol. The smallest absolute Gasteiger partial charge is 0.273 e. The highest BCUT2D eigenvalue weighted by molar-refractivity contribution is 7.89. The van der Waals surface area contributed by atoms with Crippen LogP contribution in [0, 0.1) is 17.0 Å². The fraction of sp³-hybridized carbons (Fsp3) is 0.294. The molecule has 1 atom stereocenters. The molecular formula is C17H19N3O4S. The quantitative estimate of drug-likeness (QED) is 0.627. The lowest BCUT2D eigenvalue weighted by atomic mass is 9.95. The summed E-state index contributed by atoms with van der Waals surface area (Å²) >= 11 is 0. The molecule has 2 N–H and O–H groups in total. The maximum atomic E-state index is 12.5. The van der Waals surface area contributed by atoms with Gasteiger partial charge in [0.25, 0.3) is 5.69 Å². The molecule has 7 nitrogen and oxygen atoms in total.